The fourth-order valence-electron chi connectivity index (χ4n) is 4.24. The van der Waals surface area contributed by atoms with Gasteiger partial charge in [-0.05, 0) is 43.5 Å². The van der Waals surface area contributed by atoms with E-state index in [1.807, 2.05) is 31.2 Å². The summed E-state index contributed by atoms with van der Waals surface area (Å²) in [7, 11) is 4.81. The number of anilines is 1. The first-order chi connectivity index (χ1) is 16.5. The highest BCUT2D eigenvalue weighted by Gasteiger charge is 2.21. The molecular formula is C25H31ClN4O4. The van der Waals surface area contributed by atoms with Crippen molar-refractivity contribution < 1.29 is 18.9 Å². The molecule has 1 aromatic heterocycles. The molecule has 0 spiro atoms. The predicted octanol–water partition coefficient (Wildman–Crippen LogP) is 4.78. The molecular weight excluding hydrogens is 456 g/mol. The molecule has 1 N–H and O–H groups in total. The molecule has 9 heteroatoms. The van der Waals surface area contributed by atoms with Gasteiger partial charge in [-0.15, -0.1) is 0 Å². The zero-order chi connectivity index (χ0) is 24.1. The molecule has 0 aliphatic carbocycles. The lowest BCUT2D eigenvalue weighted by atomic mass is 10.0. The van der Waals surface area contributed by atoms with Crippen molar-refractivity contribution in [1.82, 2.24) is 14.9 Å². The summed E-state index contributed by atoms with van der Waals surface area (Å²) >= 11 is 6.22. The van der Waals surface area contributed by atoms with Gasteiger partial charge < -0.3 is 24.3 Å². The summed E-state index contributed by atoms with van der Waals surface area (Å²) in [6.45, 7) is 5.37. The van der Waals surface area contributed by atoms with Gasteiger partial charge in [0.15, 0.2) is 11.5 Å². The van der Waals surface area contributed by atoms with Crippen LogP contribution in [0, 0.1) is 0 Å². The summed E-state index contributed by atoms with van der Waals surface area (Å²) in [5.41, 5.74) is 1.93. The molecule has 0 unspecified atom stereocenters. The predicted molar refractivity (Wildman–Crippen MR) is 134 cm³/mol. The minimum Gasteiger partial charge on any atom is -0.493 e. The highest BCUT2D eigenvalue weighted by molar-refractivity contribution is 6.32. The lowest BCUT2D eigenvalue weighted by Gasteiger charge is -2.32. The zero-order valence-corrected chi connectivity index (χ0v) is 20.8. The number of ether oxygens (including phenoxy) is 4. The highest BCUT2D eigenvalue weighted by Crippen LogP contribution is 2.35. The second-order valence-corrected chi connectivity index (χ2v) is 8.58. The standard InChI is InChI=1S/C25H31ClN4O4/c1-5-34-21-12-16(6-7-19(21)26)15-30-10-8-17(9-11-30)27-25-28-20-14-23(32-3)22(31-2)13-18(20)24(29-25)33-4/h6-7,12-14,17H,5,8-11,15H2,1-4H3,(H,27,28,29). The normalized spacial score (nSPS) is 14.7. The second-order valence-electron chi connectivity index (χ2n) is 8.17. The number of fused-ring (bicyclic) bond motifs is 1. The minimum atomic E-state index is 0.280. The molecule has 1 aliphatic rings. The van der Waals surface area contributed by atoms with Crippen LogP contribution in [0.1, 0.15) is 25.3 Å². The molecule has 0 radical (unpaired) electrons. The van der Waals surface area contributed by atoms with E-state index in [9.17, 15) is 0 Å². The number of nitrogens with zero attached hydrogens (tertiary/aromatic N) is 3. The number of benzene rings is 2. The smallest absolute Gasteiger partial charge is 0.226 e. The maximum atomic E-state index is 6.22. The average molecular weight is 487 g/mol. The van der Waals surface area contributed by atoms with E-state index in [0.29, 0.717) is 35.0 Å². The van der Waals surface area contributed by atoms with E-state index in [0.717, 1.165) is 49.1 Å². The minimum absolute atomic E-state index is 0.280. The van der Waals surface area contributed by atoms with Crippen LogP contribution in [0.5, 0.6) is 23.1 Å². The molecule has 1 fully saturated rings. The Morgan fingerprint density at radius 3 is 2.38 bits per heavy atom. The summed E-state index contributed by atoms with van der Waals surface area (Å²) in [4.78, 5) is 11.7. The Balaban J connectivity index is 1.42. The highest BCUT2D eigenvalue weighted by atomic mass is 35.5. The van der Waals surface area contributed by atoms with Crippen molar-refractivity contribution in [1.29, 1.82) is 0 Å². The lowest BCUT2D eigenvalue weighted by molar-refractivity contribution is 0.210. The number of hydrogen-bond donors (Lipinski definition) is 1. The van der Waals surface area contributed by atoms with E-state index >= 15 is 0 Å². The van der Waals surface area contributed by atoms with Crippen molar-refractivity contribution in [3.05, 3.63) is 40.9 Å². The Morgan fingerprint density at radius 1 is 0.971 bits per heavy atom. The number of methoxy groups -OCH3 is 3. The van der Waals surface area contributed by atoms with Crippen molar-refractivity contribution in [2.24, 2.45) is 0 Å². The SMILES string of the molecule is CCOc1cc(CN2CCC(Nc3nc(OC)c4cc(OC)c(OC)cc4n3)CC2)ccc1Cl. The number of rotatable bonds is 9. The van der Waals surface area contributed by atoms with Gasteiger partial charge in [-0.3, -0.25) is 4.90 Å². The van der Waals surface area contributed by atoms with Crippen molar-refractivity contribution >= 4 is 28.5 Å². The molecule has 2 heterocycles. The number of halogens is 1. The van der Waals surface area contributed by atoms with E-state index in [4.69, 9.17) is 35.5 Å². The van der Waals surface area contributed by atoms with Crippen molar-refractivity contribution in [2.75, 3.05) is 46.3 Å². The largest absolute Gasteiger partial charge is 0.493 e. The fraction of sp³-hybridized carbons (Fsp3) is 0.440. The summed E-state index contributed by atoms with van der Waals surface area (Å²) in [6, 6.07) is 9.97. The van der Waals surface area contributed by atoms with Gasteiger partial charge in [-0.2, -0.15) is 4.98 Å². The van der Waals surface area contributed by atoms with E-state index in [1.54, 1.807) is 21.3 Å². The van der Waals surface area contributed by atoms with Crippen LogP contribution < -0.4 is 24.3 Å². The Morgan fingerprint density at radius 2 is 1.71 bits per heavy atom. The molecule has 0 saturated carbocycles. The van der Waals surface area contributed by atoms with Gasteiger partial charge >= 0.3 is 0 Å². The van der Waals surface area contributed by atoms with Crippen LogP contribution >= 0.6 is 11.6 Å². The zero-order valence-electron chi connectivity index (χ0n) is 20.1. The Labute approximate surface area is 205 Å². The number of nitrogens with one attached hydrogen (secondary N) is 1. The summed E-state index contributed by atoms with van der Waals surface area (Å²) < 4.78 is 22.0. The van der Waals surface area contributed by atoms with Gasteiger partial charge in [0, 0.05) is 31.7 Å². The number of hydrogen-bond acceptors (Lipinski definition) is 8. The summed E-state index contributed by atoms with van der Waals surface area (Å²) in [5, 5.41) is 4.91. The molecule has 1 saturated heterocycles. The molecule has 0 bridgehead atoms. The monoisotopic (exact) mass is 486 g/mol. The van der Waals surface area contributed by atoms with Gasteiger partial charge in [-0.25, -0.2) is 4.98 Å². The first kappa shape index (κ1) is 24.2. The van der Waals surface area contributed by atoms with Crippen molar-refractivity contribution in [3.63, 3.8) is 0 Å². The van der Waals surface area contributed by atoms with Crippen LogP contribution in [0.25, 0.3) is 10.9 Å². The van der Waals surface area contributed by atoms with Crippen LogP contribution in [-0.2, 0) is 6.54 Å². The maximum absolute atomic E-state index is 6.22. The van der Waals surface area contributed by atoms with Crippen molar-refractivity contribution in [3.8, 4) is 23.1 Å². The first-order valence-electron chi connectivity index (χ1n) is 11.4. The molecule has 0 atom stereocenters. The van der Waals surface area contributed by atoms with E-state index in [-0.39, 0.29) is 6.04 Å². The molecule has 8 nitrogen and oxygen atoms in total. The van der Waals surface area contributed by atoms with E-state index in [1.165, 1.54) is 5.56 Å². The maximum Gasteiger partial charge on any atom is 0.226 e. The Bertz CT molecular complexity index is 1140. The van der Waals surface area contributed by atoms with Crippen LogP contribution in [-0.4, -0.2) is 61.9 Å². The van der Waals surface area contributed by atoms with Crippen LogP contribution in [0.2, 0.25) is 5.02 Å². The second kappa shape index (κ2) is 11.0. The summed E-state index contributed by atoms with van der Waals surface area (Å²) in [6.07, 6.45) is 1.98. The molecule has 182 valence electrons. The number of likely N-dealkylation sites (tertiary alicyclic amines) is 1. The van der Waals surface area contributed by atoms with Crippen LogP contribution in [0.3, 0.4) is 0 Å². The van der Waals surface area contributed by atoms with Gasteiger partial charge in [0.1, 0.15) is 5.75 Å². The third kappa shape index (κ3) is 5.39. The first-order valence-corrected chi connectivity index (χ1v) is 11.8. The number of aromatic nitrogens is 2. The molecule has 34 heavy (non-hydrogen) atoms. The number of piperidine rings is 1. The molecule has 4 rings (SSSR count). The van der Waals surface area contributed by atoms with Gasteiger partial charge in [-0.1, -0.05) is 17.7 Å². The molecule has 0 amide bonds. The summed E-state index contributed by atoms with van der Waals surface area (Å²) in [5.74, 6) is 3.02. The van der Waals surface area contributed by atoms with E-state index in [2.05, 4.69) is 21.3 Å². The quantitative estimate of drug-likeness (QED) is 0.463. The molecule has 2 aromatic carbocycles. The van der Waals surface area contributed by atoms with Gasteiger partial charge in [0.25, 0.3) is 0 Å². The average Bonchev–Trinajstić information content (AvgIpc) is 2.86. The van der Waals surface area contributed by atoms with E-state index < -0.39 is 0 Å². The Kier molecular flexibility index (Phi) is 7.80. The topological polar surface area (TPSA) is 78.0 Å². The Hall–Kier alpha value is -2.97. The van der Waals surface area contributed by atoms with Crippen molar-refractivity contribution in [2.45, 2.75) is 32.4 Å². The molecule has 1 aliphatic heterocycles. The third-order valence-electron chi connectivity index (χ3n) is 5.98. The van der Waals surface area contributed by atoms with Crippen LogP contribution in [0.4, 0.5) is 5.95 Å². The molecule has 3 aromatic rings. The van der Waals surface area contributed by atoms with Crippen LogP contribution in [0.15, 0.2) is 30.3 Å². The fourth-order valence-corrected chi connectivity index (χ4v) is 4.41. The lowest BCUT2D eigenvalue weighted by Crippen LogP contribution is -2.39. The third-order valence-corrected chi connectivity index (χ3v) is 6.29. The van der Waals surface area contributed by atoms with Gasteiger partial charge in [0.2, 0.25) is 11.8 Å². The van der Waals surface area contributed by atoms with Gasteiger partial charge in [0.05, 0.1) is 43.9 Å².